The number of carboxylic acid groups (broad SMARTS) is 4. The Morgan fingerprint density at radius 2 is 0.785 bits per heavy atom. The molecule has 2 fully saturated rings. The van der Waals surface area contributed by atoms with Gasteiger partial charge in [0.25, 0.3) is 12.9 Å². The fourth-order valence-electron chi connectivity index (χ4n) is 7.04. The highest BCUT2D eigenvalue weighted by Crippen LogP contribution is 2.20. The summed E-state index contributed by atoms with van der Waals surface area (Å²) in [5.74, 6) is -3.75. The highest BCUT2D eigenvalue weighted by atomic mass is 16.5. The molecule has 65 heavy (non-hydrogen) atoms. The summed E-state index contributed by atoms with van der Waals surface area (Å²) in [5, 5.41) is 37.7. The lowest BCUT2D eigenvalue weighted by Crippen LogP contribution is -2.51. The van der Waals surface area contributed by atoms with E-state index in [0.717, 1.165) is 6.54 Å². The number of rotatable bonds is 20. The van der Waals surface area contributed by atoms with Crippen LogP contribution in [0, 0.1) is 10.8 Å². The van der Waals surface area contributed by atoms with Gasteiger partial charge >= 0.3 is 23.9 Å². The number of aliphatic carboxylic acids is 4. The molecular formula is C43H78N8O14. The number of ketones is 2. The molecule has 0 aromatic carbocycles. The topological polar surface area (TPSA) is 262 Å². The second-order valence-corrected chi connectivity index (χ2v) is 18.5. The van der Waals surface area contributed by atoms with Crippen LogP contribution in [0.15, 0.2) is 0 Å². The predicted molar refractivity (Wildman–Crippen MR) is 239 cm³/mol. The Hall–Kier alpha value is -4.16. The zero-order valence-corrected chi connectivity index (χ0v) is 39.9. The van der Waals surface area contributed by atoms with Crippen LogP contribution in [-0.2, 0) is 47.8 Å². The maximum absolute atomic E-state index is 12.6. The van der Waals surface area contributed by atoms with Gasteiger partial charge in [0, 0.05) is 122 Å². The van der Waals surface area contributed by atoms with Crippen LogP contribution in [0.5, 0.6) is 0 Å². The van der Waals surface area contributed by atoms with Crippen molar-refractivity contribution in [3.8, 4) is 0 Å². The third-order valence-electron chi connectivity index (χ3n) is 11.4. The Labute approximate surface area is 384 Å². The molecule has 1 unspecified atom stereocenters. The summed E-state index contributed by atoms with van der Waals surface area (Å²) >= 11 is 0. The van der Waals surface area contributed by atoms with Crippen LogP contribution in [0.3, 0.4) is 0 Å². The monoisotopic (exact) mass is 931 g/mol. The van der Waals surface area contributed by atoms with Crippen molar-refractivity contribution in [1.82, 2.24) is 39.2 Å². The minimum absolute atomic E-state index is 0.00118. The number of nitrogens with zero attached hydrogens (tertiary/aromatic N) is 8. The van der Waals surface area contributed by atoms with E-state index in [1.807, 2.05) is 68.1 Å². The van der Waals surface area contributed by atoms with Gasteiger partial charge in [-0.05, 0) is 13.0 Å². The first-order chi connectivity index (χ1) is 30.5. The Balaban J connectivity index is 0.000000653. The molecule has 4 N–H and O–H groups in total. The number of carbonyl (C=O) groups excluding carboxylic acids is 4. The molecule has 0 aliphatic carbocycles. The van der Waals surface area contributed by atoms with Crippen LogP contribution < -0.4 is 0 Å². The Kier molecular flexibility index (Phi) is 28.0. The molecule has 22 heteroatoms. The zero-order valence-electron chi connectivity index (χ0n) is 39.9. The summed E-state index contributed by atoms with van der Waals surface area (Å²) in [6, 6.07) is -0.873. The summed E-state index contributed by atoms with van der Waals surface area (Å²) < 4.78 is 9.86. The van der Waals surface area contributed by atoms with Crippen molar-refractivity contribution in [2.75, 3.05) is 151 Å². The van der Waals surface area contributed by atoms with Crippen LogP contribution in [0.1, 0.15) is 61.3 Å². The number of hydrogen-bond donors (Lipinski definition) is 4. The summed E-state index contributed by atoms with van der Waals surface area (Å²) in [7, 11) is 0. The van der Waals surface area contributed by atoms with E-state index < -0.39 is 40.7 Å². The van der Waals surface area contributed by atoms with E-state index in [4.69, 9.17) is 9.47 Å². The highest BCUT2D eigenvalue weighted by molar-refractivity contribution is 5.85. The number of Topliss-reactive ketones (excluding diaryl/α,β-unsaturated/α-hetero) is 2. The van der Waals surface area contributed by atoms with E-state index in [9.17, 15) is 58.8 Å². The number of ether oxygens (including phenoxy) is 2. The fourth-order valence-corrected chi connectivity index (χ4v) is 7.04. The van der Waals surface area contributed by atoms with Crippen molar-refractivity contribution >= 4 is 48.4 Å². The molecule has 1 atom stereocenters. The standard InChI is InChI=1S/C23H42N4O7.C20H36N4O7/c1-5-24-8-10-25(16-21(30)31)12-14-27(15-13-26(11-9-24)17-34-18-28)19(22(32)33)6-7-20(29)23(2,3)4;1-20(2,3)17(26)12-21-4-5-22(13-18(27)28)6-7-23(14-19(29)30)9-11-24(10-8-21)15-31-16-25/h18-19H,5-17H2,1-4H3,(H,30,31)(H,32,33);16H,4-15H2,1-3H3,(H,27,28)(H,29,30). The van der Waals surface area contributed by atoms with Gasteiger partial charge < -0.3 is 34.8 Å². The number of hydrogen-bond acceptors (Lipinski definition) is 18. The van der Waals surface area contributed by atoms with E-state index in [-0.39, 0.29) is 64.0 Å². The van der Waals surface area contributed by atoms with Gasteiger partial charge in [-0.1, -0.05) is 48.5 Å². The van der Waals surface area contributed by atoms with Crippen molar-refractivity contribution in [3.63, 3.8) is 0 Å². The zero-order chi connectivity index (χ0) is 49.2. The highest BCUT2D eigenvalue weighted by Gasteiger charge is 2.31. The molecule has 2 rings (SSSR count). The largest absolute Gasteiger partial charge is 0.480 e. The van der Waals surface area contributed by atoms with Gasteiger partial charge in [0.1, 0.15) is 25.3 Å². The lowest BCUT2D eigenvalue weighted by atomic mass is 9.87. The molecule has 0 bridgehead atoms. The molecule has 0 aromatic heterocycles. The minimum Gasteiger partial charge on any atom is -0.480 e. The van der Waals surface area contributed by atoms with Gasteiger partial charge in [-0.15, -0.1) is 0 Å². The Morgan fingerprint density at radius 1 is 0.477 bits per heavy atom. The quantitative estimate of drug-likeness (QED) is 0.111. The van der Waals surface area contributed by atoms with E-state index in [1.165, 1.54) is 0 Å². The smallest absolute Gasteiger partial charge is 0.320 e. The number of carboxylic acids is 4. The predicted octanol–water partition coefficient (Wildman–Crippen LogP) is -0.586. The molecule has 374 valence electrons. The van der Waals surface area contributed by atoms with Crippen LogP contribution in [0.25, 0.3) is 0 Å². The molecule has 0 radical (unpaired) electrons. The van der Waals surface area contributed by atoms with Gasteiger partial charge in [-0.25, -0.2) is 0 Å². The van der Waals surface area contributed by atoms with Crippen molar-refractivity contribution < 1.29 is 68.3 Å². The van der Waals surface area contributed by atoms with E-state index in [2.05, 4.69) is 4.90 Å². The summed E-state index contributed by atoms with van der Waals surface area (Å²) in [5.41, 5.74) is -1.03. The normalized spacial score (nSPS) is 19.4. The molecule has 22 nitrogen and oxygen atoms in total. The first-order valence-corrected chi connectivity index (χ1v) is 22.3. The molecule has 0 aromatic rings. The van der Waals surface area contributed by atoms with Gasteiger partial charge in [0.05, 0.1) is 26.2 Å². The van der Waals surface area contributed by atoms with Crippen LogP contribution >= 0.6 is 0 Å². The third-order valence-corrected chi connectivity index (χ3v) is 11.4. The summed E-state index contributed by atoms with van der Waals surface area (Å²) in [6.07, 6.45) is 0.331. The summed E-state index contributed by atoms with van der Waals surface area (Å²) in [6.45, 7) is 22.5. The molecule has 2 aliphatic heterocycles. The maximum atomic E-state index is 12.6. The minimum atomic E-state index is -1.01. The van der Waals surface area contributed by atoms with Crippen LogP contribution in [0.2, 0.25) is 0 Å². The Bertz CT molecular complexity index is 1490. The van der Waals surface area contributed by atoms with Gasteiger partial charge in [-0.3, -0.25) is 72.7 Å². The fraction of sp³-hybridized carbons (Fsp3) is 0.814. The average Bonchev–Trinajstić information content (AvgIpc) is 3.20. The van der Waals surface area contributed by atoms with Crippen LogP contribution in [0.4, 0.5) is 0 Å². The van der Waals surface area contributed by atoms with E-state index in [0.29, 0.717) is 118 Å². The number of likely N-dealkylation sites (N-methyl/N-ethyl adjacent to an activating group) is 1. The van der Waals surface area contributed by atoms with E-state index in [1.54, 1.807) is 14.7 Å². The molecular weight excluding hydrogens is 853 g/mol. The first kappa shape index (κ1) is 58.9. The van der Waals surface area contributed by atoms with Gasteiger partial charge in [0.15, 0.2) is 5.78 Å². The molecule has 2 heterocycles. The molecule has 2 aliphatic rings. The van der Waals surface area contributed by atoms with Crippen molar-refractivity contribution in [2.24, 2.45) is 10.8 Å². The second kappa shape index (κ2) is 30.9. The molecule has 2 saturated heterocycles. The molecule has 0 spiro atoms. The van der Waals surface area contributed by atoms with Crippen molar-refractivity contribution in [1.29, 1.82) is 0 Å². The maximum Gasteiger partial charge on any atom is 0.320 e. The lowest BCUT2D eigenvalue weighted by molar-refractivity contribution is -0.145. The average molecular weight is 931 g/mol. The molecule has 0 amide bonds. The summed E-state index contributed by atoms with van der Waals surface area (Å²) in [4.78, 5) is 108. The van der Waals surface area contributed by atoms with Crippen LogP contribution in [-0.4, -0.2) is 265 Å². The van der Waals surface area contributed by atoms with Gasteiger partial charge in [-0.2, -0.15) is 0 Å². The van der Waals surface area contributed by atoms with Crippen molar-refractivity contribution in [2.45, 2.75) is 67.3 Å². The number of carbonyl (C=O) groups is 8. The first-order valence-electron chi connectivity index (χ1n) is 22.3. The SMILES string of the molecule is CC(C)(C)C(=O)CN1CCN(COC=O)CCN(CC(=O)O)CCN(CC(=O)O)CC1.CCN1CCN(COC=O)CCN(C(CCC(=O)C(C)(C)C)C(=O)O)CCN(CC(=O)O)CC1. The third kappa shape index (κ3) is 26.5. The second-order valence-electron chi connectivity index (χ2n) is 18.5. The molecule has 0 saturated carbocycles. The Morgan fingerprint density at radius 3 is 1.09 bits per heavy atom. The van der Waals surface area contributed by atoms with E-state index >= 15 is 0 Å². The van der Waals surface area contributed by atoms with Crippen molar-refractivity contribution in [3.05, 3.63) is 0 Å². The van der Waals surface area contributed by atoms with Gasteiger partial charge in [0.2, 0.25) is 0 Å². The lowest BCUT2D eigenvalue weighted by Gasteiger charge is -2.35.